The van der Waals surface area contributed by atoms with Crippen molar-refractivity contribution in [2.75, 3.05) is 18.2 Å². The molecule has 0 aliphatic rings. The van der Waals surface area contributed by atoms with E-state index in [9.17, 15) is 9.90 Å². The van der Waals surface area contributed by atoms with Crippen molar-refractivity contribution in [1.82, 2.24) is 0 Å². The zero-order valence-corrected chi connectivity index (χ0v) is 12.0. The number of aliphatic hydroxyl groups excluding tert-OH is 1. The average Bonchev–Trinajstić information content (AvgIpc) is 2.47. The lowest BCUT2D eigenvalue weighted by Gasteiger charge is -2.09. The molecule has 2 rings (SSSR count). The Kier molecular flexibility index (Phi) is 4.45. The molecule has 0 fully saturated rings. The molecule has 0 radical (unpaired) electrons. The minimum Gasteiger partial charge on any atom is -0.495 e. The normalized spacial score (nSPS) is 11.8. The van der Waals surface area contributed by atoms with Crippen molar-refractivity contribution in [3.63, 3.8) is 0 Å². The summed E-state index contributed by atoms with van der Waals surface area (Å²) in [5.74, 6) is 0.280. The fourth-order valence-corrected chi connectivity index (χ4v) is 1.92. The summed E-state index contributed by atoms with van der Waals surface area (Å²) in [6.45, 7) is 1.69. The van der Waals surface area contributed by atoms with E-state index in [1.165, 1.54) is 7.11 Å². The number of methoxy groups -OCH3 is 1. The smallest absolute Gasteiger partial charge is 0.255 e. The summed E-state index contributed by atoms with van der Waals surface area (Å²) in [5.41, 5.74) is 8.09. The van der Waals surface area contributed by atoms with Gasteiger partial charge in [-0.15, -0.1) is 0 Å². The lowest BCUT2D eigenvalue weighted by atomic mass is 10.1. The van der Waals surface area contributed by atoms with Crippen molar-refractivity contribution in [3.8, 4) is 5.75 Å². The molecular formula is C16H18N2O3. The first-order chi connectivity index (χ1) is 10.0. The average molecular weight is 286 g/mol. The Labute approximate surface area is 123 Å². The van der Waals surface area contributed by atoms with Crippen LogP contribution in [0.1, 0.15) is 28.9 Å². The molecule has 0 spiro atoms. The number of carbonyl (C=O) groups excluding carboxylic acids is 1. The number of carbonyl (C=O) groups is 1. The zero-order valence-electron chi connectivity index (χ0n) is 12.0. The SMILES string of the molecule is COc1ccc(C(=O)Nc2ccc(C(C)O)cc2)cc1N. The van der Waals surface area contributed by atoms with Crippen molar-refractivity contribution in [1.29, 1.82) is 0 Å². The summed E-state index contributed by atoms with van der Waals surface area (Å²) in [5, 5.41) is 12.2. The van der Waals surface area contributed by atoms with Crippen molar-refractivity contribution in [2.24, 2.45) is 0 Å². The molecule has 4 N–H and O–H groups in total. The number of amides is 1. The number of nitrogen functional groups attached to an aromatic ring is 1. The Bertz CT molecular complexity index is 636. The third kappa shape index (κ3) is 3.52. The van der Waals surface area contributed by atoms with Crippen molar-refractivity contribution in [3.05, 3.63) is 53.6 Å². The number of nitrogens with one attached hydrogen (secondary N) is 1. The molecule has 1 amide bonds. The molecule has 2 aromatic carbocycles. The Morgan fingerprint density at radius 2 is 1.90 bits per heavy atom. The van der Waals surface area contributed by atoms with Crippen LogP contribution < -0.4 is 15.8 Å². The first-order valence-electron chi connectivity index (χ1n) is 6.54. The molecule has 21 heavy (non-hydrogen) atoms. The van der Waals surface area contributed by atoms with E-state index >= 15 is 0 Å². The monoisotopic (exact) mass is 286 g/mol. The first-order valence-corrected chi connectivity index (χ1v) is 6.54. The predicted molar refractivity (Wildman–Crippen MR) is 82.4 cm³/mol. The third-order valence-electron chi connectivity index (χ3n) is 3.14. The molecule has 0 heterocycles. The highest BCUT2D eigenvalue weighted by Gasteiger charge is 2.09. The topological polar surface area (TPSA) is 84.6 Å². The molecular weight excluding hydrogens is 268 g/mol. The largest absolute Gasteiger partial charge is 0.495 e. The zero-order chi connectivity index (χ0) is 15.4. The highest BCUT2D eigenvalue weighted by molar-refractivity contribution is 6.05. The van der Waals surface area contributed by atoms with Gasteiger partial charge in [-0.2, -0.15) is 0 Å². The molecule has 110 valence electrons. The molecule has 5 nitrogen and oxygen atoms in total. The first kappa shape index (κ1) is 14.9. The molecule has 1 atom stereocenters. The maximum atomic E-state index is 12.1. The second kappa shape index (κ2) is 6.28. The Morgan fingerprint density at radius 3 is 2.43 bits per heavy atom. The number of hydrogen-bond donors (Lipinski definition) is 3. The molecule has 0 bridgehead atoms. The molecule has 0 aliphatic carbocycles. The fraction of sp³-hybridized carbons (Fsp3) is 0.188. The number of hydrogen-bond acceptors (Lipinski definition) is 4. The second-order valence-corrected chi connectivity index (χ2v) is 4.71. The number of rotatable bonds is 4. The summed E-state index contributed by atoms with van der Waals surface area (Å²) in [6.07, 6.45) is -0.531. The van der Waals surface area contributed by atoms with E-state index in [0.717, 1.165) is 5.56 Å². The van der Waals surface area contributed by atoms with E-state index in [1.807, 2.05) is 0 Å². The molecule has 0 aromatic heterocycles. The summed E-state index contributed by atoms with van der Waals surface area (Å²) in [6, 6.07) is 11.9. The van der Waals surface area contributed by atoms with E-state index in [2.05, 4.69) is 5.32 Å². The van der Waals surface area contributed by atoms with E-state index in [4.69, 9.17) is 10.5 Å². The van der Waals surface area contributed by atoms with Gasteiger partial charge in [-0.1, -0.05) is 12.1 Å². The van der Waals surface area contributed by atoms with Gasteiger partial charge in [0.25, 0.3) is 5.91 Å². The molecule has 5 heteroatoms. The van der Waals surface area contributed by atoms with Crippen LogP contribution in [0.2, 0.25) is 0 Å². The van der Waals surface area contributed by atoms with Gasteiger partial charge >= 0.3 is 0 Å². The van der Waals surface area contributed by atoms with Crippen LogP contribution in [0.4, 0.5) is 11.4 Å². The molecule has 0 saturated heterocycles. The summed E-state index contributed by atoms with van der Waals surface area (Å²) in [7, 11) is 1.52. The van der Waals surface area contributed by atoms with Crippen LogP contribution in [0.3, 0.4) is 0 Å². The molecule has 1 unspecified atom stereocenters. The lowest BCUT2D eigenvalue weighted by Crippen LogP contribution is -2.12. The predicted octanol–water partition coefficient (Wildman–Crippen LogP) is 2.58. The molecule has 0 aliphatic heterocycles. The van der Waals surface area contributed by atoms with Crippen molar-refractivity contribution in [2.45, 2.75) is 13.0 Å². The lowest BCUT2D eigenvalue weighted by molar-refractivity contribution is 0.102. The van der Waals surface area contributed by atoms with Crippen LogP contribution in [0.15, 0.2) is 42.5 Å². The molecule has 2 aromatic rings. The highest BCUT2D eigenvalue weighted by atomic mass is 16.5. The van der Waals surface area contributed by atoms with Gasteiger partial charge in [0.1, 0.15) is 5.75 Å². The van der Waals surface area contributed by atoms with Gasteiger partial charge < -0.3 is 20.9 Å². The number of anilines is 2. The maximum Gasteiger partial charge on any atom is 0.255 e. The number of benzene rings is 2. The van der Waals surface area contributed by atoms with Gasteiger partial charge in [-0.3, -0.25) is 4.79 Å². The number of nitrogens with two attached hydrogens (primary N) is 1. The Balaban J connectivity index is 2.12. The van der Waals surface area contributed by atoms with Gasteiger partial charge in [0, 0.05) is 11.3 Å². The third-order valence-corrected chi connectivity index (χ3v) is 3.14. The van der Waals surface area contributed by atoms with Crippen molar-refractivity contribution >= 4 is 17.3 Å². The van der Waals surface area contributed by atoms with Gasteiger partial charge in [-0.25, -0.2) is 0 Å². The van der Waals surface area contributed by atoms with E-state index in [1.54, 1.807) is 49.4 Å². The van der Waals surface area contributed by atoms with Crippen LogP contribution in [0.25, 0.3) is 0 Å². The summed E-state index contributed by atoms with van der Waals surface area (Å²) >= 11 is 0. The second-order valence-electron chi connectivity index (χ2n) is 4.71. The number of aliphatic hydroxyl groups is 1. The maximum absolute atomic E-state index is 12.1. The summed E-state index contributed by atoms with van der Waals surface area (Å²) < 4.78 is 5.05. The van der Waals surface area contributed by atoms with Crippen molar-refractivity contribution < 1.29 is 14.6 Å². The fourth-order valence-electron chi connectivity index (χ4n) is 1.92. The van der Waals surface area contributed by atoms with Gasteiger partial charge in [-0.05, 0) is 42.8 Å². The van der Waals surface area contributed by atoms with Crippen LogP contribution in [-0.2, 0) is 0 Å². The van der Waals surface area contributed by atoms with Gasteiger partial charge in [0.05, 0.1) is 18.9 Å². The minimum atomic E-state index is -0.531. The summed E-state index contributed by atoms with van der Waals surface area (Å²) in [4.78, 5) is 12.1. The standard InChI is InChI=1S/C16H18N2O3/c1-10(19)11-3-6-13(7-4-11)18-16(20)12-5-8-15(21-2)14(17)9-12/h3-10,19H,17H2,1-2H3,(H,18,20). The number of ether oxygens (including phenoxy) is 1. The van der Waals surface area contributed by atoms with E-state index < -0.39 is 6.10 Å². The Morgan fingerprint density at radius 1 is 1.24 bits per heavy atom. The van der Waals surface area contributed by atoms with Crippen LogP contribution >= 0.6 is 0 Å². The Hall–Kier alpha value is -2.53. The van der Waals surface area contributed by atoms with E-state index in [-0.39, 0.29) is 5.91 Å². The molecule has 0 saturated carbocycles. The minimum absolute atomic E-state index is 0.255. The van der Waals surface area contributed by atoms with E-state index in [0.29, 0.717) is 22.7 Å². The van der Waals surface area contributed by atoms with Gasteiger partial charge in [0.2, 0.25) is 0 Å². The van der Waals surface area contributed by atoms with Gasteiger partial charge in [0.15, 0.2) is 0 Å². The van der Waals surface area contributed by atoms with Crippen LogP contribution in [0, 0.1) is 0 Å². The van der Waals surface area contributed by atoms with Crippen LogP contribution in [-0.4, -0.2) is 18.1 Å². The quantitative estimate of drug-likeness (QED) is 0.754. The highest BCUT2D eigenvalue weighted by Crippen LogP contribution is 2.22. The van der Waals surface area contributed by atoms with Crippen LogP contribution in [0.5, 0.6) is 5.75 Å².